The van der Waals surface area contributed by atoms with E-state index in [4.69, 9.17) is 0 Å². The first-order chi connectivity index (χ1) is 18.3. The quantitative estimate of drug-likeness (QED) is 0.518. The smallest absolute Gasteiger partial charge is 0.336 e. The molecular weight excluding hydrogens is 515 g/mol. The van der Waals surface area contributed by atoms with Gasteiger partial charge in [-0.15, -0.1) is 0 Å². The van der Waals surface area contributed by atoms with Crippen molar-refractivity contribution in [2.24, 2.45) is 11.8 Å². The van der Waals surface area contributed by atoms with Crippen LogP contribution in [0.4, 0.5) is 18.9 Å². The van der Waals surface area contributed by atoms with Gasteiger partial charge >= 0.3 is 12.1 Å². The summed E-state index contributed by atoms with van der Waals surface area (Å²) in [6, 6.07) is 5.70. The van der Waals surface area contributed by atoms with Crippen LogP contribution in [-0.2, 0) is 24.6 Å². The van der Waals surface area contributed by atoms with E-state index in [2.05, 4.69) is 11.4 Å². The van der Waals surface area contributed by atoms with E-state index in [0.29, 0.717) is 11.3 Å². The molecule has 0 bridgehead atoms. The van der Waals surface area contributed by atoms with Crippen LogP contribution in [0, 0.1) is 23.2 Å². The Morgan fingerprint density at radius 1 is 1.26 bits per heavy atom. The summed E-state index contributed by atoms with van der Waals surface area (Å²) in [6.07, 6.45) is -3.38. The van der Waals surface area contributed by atoms with Crippen molar-refractivity contribution in [1.29, 1.82) is 5.26 Å². The molecule has 9 nitrogen and oxygen atoms in total. The molecule has 4 rings (SSSR count). The van der Waals surface area contributed by atoms with E-state index in [0.717, 1.165) is 17.7 Å². The van der Waals surface area contributed by atoms with Gasteiger partial charge in [-0.25, -0.2) is 0 Å². The lowest BCUT2D eigenvalue weighted by molar-refractivity contribution is -0.175. The van der Waals surface area contributed by atoms with E-state index in [1.165, 1.54) is 11.9 Å². The third-order valence-corrected chi connectivity index (χ3v) is 7.84. The standard InChI is InChI=1S/C27H32F3N5O4/c1-15(2)10-21(34(3)22(36)20(11-16-8-9-16)33-25(39)27(28,29)30)23(37)35-14-26(12-17(35)13-31)18-6-4-5-7-19(18)32-24(26)38/h4-7,15-17,20-21H,8-12,14H2,1-3H3,(H,32,38)(H,33,39)/t17?,20?,21-,26-/m0/s1. The number of hydrogen-bond acceptors (Lipinski definition) is 5. The van der Waals surface area contributed by atoms with Gasteiger partial charge in [-0.3, -0.25) is 19.2 Å². The molecule has 2 fully saturated rings. The number of benzene rings is 1. The molecule has 1 saturated carbocycles. The zero-order valence-electron chi connectivity index (χ0n) is 22.0. The Kier molecular flexibility index (Phi) is 7.65. The van der Waals surface area contributed by atoms with Gasteiger partial charge < -0.3 is 20.4 Å². The summed E-state index contributed by atoms with van der Waals surface area (Å²) < 4.78 is 39.0. The van der Waals surface area contributed by atoms with Gasteiger partial charge in [0.05, 0.1) is 11.5 Å². The van der Waals surface area contributed by atoms with E-state index in [-0.39, 0.29) is 43.6 Å². The molecule has 2 unspecified atom stereocenters. The summed E-state index contributed by atoms with van der Waals surface area (Å²) in [5.74, 6) is -3.96. The van der Waals surface area contributed by atoms with Crippen LogP contribution in [0.3, 0.4) is 0 Å². The molecule has 4 amide bonds. The number of amides is 4. The Bertz CT molecular complexity index is 1210. The van der Waals surface area contributed by atoms with Crippen molar-refractivity contribution in [2.45, 2.75) is 75.7 Å². The fourth-order valence-electron chi connectivity index (χ4n) is 5.60. The number of hydrogen-bond donors (Lipinski definition) is 2. The van der Waals surface area contributed by atoms with Gasteiger partial charge in [0, 0.05) is 25.7 Å². The van der Waals surface area contributed by atoms with Crippen molar-refractivity contribution in [3.63, 3.8) is 0 Å². The van der Waals surface area contributed by atoms with Crippen LogP contribution in [0.5, 0.6) is 0 Å². The highest BCUT2D eigenvalue weighted by atomic mass is 19.4. The van der Waals surface area contributed by atoms with Gasteiger partial charge in [0.15, 0.2) is 0 Å². The maximum Gasteiger partial charge on any atom is 0.471 e. The minimum absolute atomic E-state index is 0.0162. The summed E-state index contributed by atoms with van der Waals surface area (Å²) in [5.41, 5.74) is 0.185. The molecule has 1 saturated heterocycles. The minimum atomic E-state index is -5.16. The first-order valence-corrected chi connectivity index (χ1v) is 13.0. The number of anilines is 1. The molecular formula is C27H32F3N5O4. The van der Waals surface area contributed by atoms with Crippen LogP contribution in [0.2, 0.25) is 0 Å². The average molecular weight is 548 g/mol. The number of likely N-dealkylation sites (tertiary alicyclic amines) is 1. The van der Waals surface area contributed by atoms with E-state index in [1.54, 1.807) is 24.3 Å². The van der Waals surface area contributed by atoms with Crippen molar-refractivity contribution >= 4 is 29.3 Å². The lowest BCUT2D eigenvalue weighted by Crippen LogP contribution is -2.57. The predicted molar refractivity (Wildman–Crippen MR) is 134 cm³/mol. The van der Waals surface area contributed by atoms with Gasteiger partial charge in [-0.1, -0.05) is 44.9 Å². The number of carbonyl (C=O) groups is 4. The van der Waals surface area contributed by atoms with E-state index >= 15 is 0 Å². The van der Waals surface area contributed by atoms with Gasteiger partial charge in [0.25, 0.3) is 0 Å². The zero-order chi connectivity index (χ0) is 28.7. The Hall–Kier alpha value is -3.62. The summed E-state index contributed by atoms with van der Waals surface area (Å²) in [5, 5.41) is 14.6. The third kappa shape index (κ3) is 5.58. The number of likely N-dealkylation sites (N-methyl/N-ethyl adjacent to an activating group) is 1. The molecule has 0 radical (unpaired) electrons. The number of rotatable bonds is 8. The molecule has 2 aliphatic heterocycles. The molecule has 12 heteroatoms. The zero-order valence-corrected chi connectivity index (χ0v) is 22.0. The third-order valence-electron chi connectivity index (χ3n) is 7.84. The monoisotopic (exact) mass is 547 g/mol. The summed E-state index contributed by atoms with van der Waals surface area (Å²) in [4.78, 5) is 54.6. The Morgan fingerprint density at radius 2 is 1.92 bits per heavy atom. The second-order valence-corrected chi connectivity index (χ2v) is 11.2. The summed E-state index contributed by atoms with van der Waals surface area (Å²) >= 11 is 0. The van der Waals surface area contributed by atoms with Gasteiger partial charge in [0.2, 0.25) is 17.7 Å². The average Bonchev–Trinajstić information content (AvgIpc) is 3.54. The van der Waals surface area contributed by atoms with Crippen LogP contribution < -0.4 is 10.6 Å². The van der Waals surface area contributed by atoms with Crippen molar-refractivity contribution < 1.29 is 32.3 Å². The van der Waals surface area contributed by atoms with Crippen molar-refractivity contribution in [1.82, 2.24) is 15.1 Å². The number of carbonyl (C=O) groups excluding carboxylic acids is 4. The molecule has 39 heavy (non-hydrogen) atoms. The van der Waals surface area contributed by atoms with E-state index in [9.17, 15) is 37.6 Å². The molecule has 4 atom stereocenters. The van der Waals surface area contributed by atoms with Gasteiger partial charge in [-0.2, -0.15) is 18.4 Å². The Morgan fingerprint density at radius 3 is 2.51 bits per heavy atom. The number of nitrogens with zero attached hydrogens (tertiary/aromatic N) is 3. The van der Waals surface area contributed by atoms with Crippen molar-refractivity contribution in [2.75, 3.05) is 18.9 Å². The highest BCUT2D eigenvalue weighted by molar-refractivity contribution is 6.07. The fraction of sp³-hybridized carbons (Fsp3) is 0.593. The predicted octanol–water partition coefficient (Wildman–Crippen LogP) is 2.72. The molecule has 1 aromatic carbocycles. The van der Waals surface area contributed by atoms with E-state index in [1.807, 2.05) is 19.2 Å². The van der Waals surface area contributed by atoms with Crippen LogP contribution in [0.1, 0.15) is 51.5 Å². The first kappa shape index (κ1) is 28.4. The molecule has 1 spiro atoms. The highest BCUT2D eigenvalue weighted by Crippen LogP contribution is 2.46. The van der Waals surface area contributed by atoms with Gasteiger partial charge in [-0.05, 0) is 36.3 Å². The van der Waals surface area contributed by atoms with Crippen LogP contribution in [0.15, 0.2) is 24.3 Å². The first-order valence-electron chi connectivity index (χ1n) is 13.0. The van der Waals surface area contributed by atoms with Crippen molar-refractivity contribution in [3.8, 4) is 6.07 Å². The largest absolute Gasteiger partial charge is 0.471 e. The molecule has 2 N–H and O–H groups in total. The normalized spacial score (nSPS) is 23.7. The summed E-state index contributed by atoms with van der Waals surface area (Å²) in [7, 11) is 1.33. The number of nitrogens with one attached hydrogen (secondary N) is 2. The molecule has 2 heterocycles. The van der Waals surface area contributed by atoms with Crippen molar-refractivity contribution in [3.05, 3.63) is 29.8 Å². The van der Waals surface area contributed by atoms with Crippen LogP contribution in [-0.4, -0.2) is 71.3 Å². The minimum Gasteiger partial charge on any atom is -0.336 e. The lowest BCUT2D eigenvalue weighted by atomic mass is 9.80. The Balaban J connectivity index is 1.60. The number of nitriles is 1. The Labute approximate surface area is 224 Å². The van der Waals surface area contributed by atoms with Gasteiger partial charge in [0.1, 0.15) is 18.1 Å². The second kappa shape index (κ2) is 10.5. The van der Waals surface area contributed by atoms with E-state index < -0.39 is 47.4 Å². The number of halogens is 3. The molecule has 0 aromatic heterocycles. The number of para-hydroxylation sites is 1. The molecule has 210 valence electrons. The molecule has 1 aromatic rings. The molecule has 3 aliphatic rings. The maximum absolute atomic E-state index is 14.0. The van der Waals surface area contributed by atoms with Crippen LogP contribution >= 0.6 is 0 Å². The number of fused-ring (bicyclic) bond motifs is 2. The van der Waals surface area contributed by atoms with Crippen LogP contribution in [0.25, 0.3) is 0 Å². The summed E-state index contributed by atoms with van der Waals surface area (Å²) in [6.45, 7) is 3.60. The maximum atomic E-state index is 14.0. The molecule has 1 aliphatic carbocycles. The number of alkyl halides is 3. The SMILES string of the molecule is CC(C)C[C@@H](C(=O)N1C[C@]2(CC1C#N)C(=O)Nc1ccccc12)N(C)C(=O)C(CC1CC1)NC(=O)C(F)(F)F. The second-order valence-electron chi connectivity index (χ2n) is 11.2. The lowest BCUT2D eigenvalue weighted by Gasteiger charge is -2.35. The fourth-order valence-corrected chi connectivity index (χ4v) is 5.60. The highest BCUT2D eigenvalue weighted by Gasteiger charge is 2.57. The topological polar surface area (TPSA) is 123 Å².